The van der Waals surface area contributed by atoms with Crippen LogP contribution in [0, 0.1) is 39.0 Å². The highest BCUT2D eigenvalue weighted by atomic mass is 15.0. The number of hydrogen-bond donors (Lipinski definition) is 0. The molecule has 11 nitrogen and oxygen atoms in total. The molecule has 0 radical (unpaired) electrons. The molecule has 0 spiro atoms. The van der Waals surface area contributed by atoms with Crippen LogP contribution in [-0.2, 0) is 0 Å². The van der Waals surface area contributed by atoms with Crippen LogP contribution in [0.2, 0.25) is 0 Å². The van der Waals surface area contributed by atoms with Gasteiger partial charge in [0.1, 0.15) is 29.4 Å². The highest BCUT2D eigenvalue weighted by molar-refractivity contribution is 6.12. The van der Waals surface area contributed by atoms with Crippen LogP contribution in [0.5, 0.6) is 0 Å². The largest absolute Gasteiger partial charge is 0.308 e. The molecule has 0 atom stereocenters. The fourth-order valence-electron chi connectivity index (χ4n) is 9.53. The first-order chi connectivity index (χ1) is 33.3. The van der Waals surface area contributed by atoms with Gasteiger partial charge in [-0.25, -0.2) is 39.9 Å². The first-order valence-corrected chi connectivity index (χ1v) is 22.3. The van der Waals surface area contributed by atoms with E-state index in [2.05, 4.69) is 116 Å². The maximum absolute atomic E-state index is 11.4. The van der Waals surface area contributed by atoms with Crippen LogP contribution in [0.15, 0.2) is 164 Å². The van der Waals surface area contributed by atoms with E-state index in [0.717, 1.165) is 88.5 Å². The summed E-state index contributed by atoms with van der Waals surface area (Å²) in [7, 11) is 0. The summed E-state index contributed by atoms with van der Waals surface area (Å²) in [6.45, 7) is 7.53. The summed E-state index contributed by atoms with van der Waals surface area (Å²) >= 11 is 0. The van der Waals surface area contributed by atoms with Gasteiger partial charge in [0.05, 0.1) is 50.4 Å². The molecule has 5 aromatic heterocycles. The Morgan fingerprint density at radius 2 is 0.779 bits per heavy atom. The predicted molar refractivity (Wildman–Crippen MR) is 268 cm³/mol. The van der Waals surface area contributed by atoms with E-state index in [4.69, 9.17) is 29.9 Å². The van der Waals surface area contributed by atoms with Gasteiger partial charge in [-0.3, -0.25) is 0 Å². The molecule has 0 N–H and O–H groups in total. The summed E-state index contributed by atoms with van der Waals surface area (Å²) < 4.78 is 4.41. The predicted octanol–water partition coefficient (Wildman–Crippen LogP) is 12.5. The van der Waals surface area contributed by atoms with E-state index in [1.54, 1.807) is 0 Å². The average Bonchev–Trinajstić information content (AvgIpc) is 3.88. The maximum Gasteiger partial charge on any atom is 0.163 e. The summed E-state index contributed by atoms with van der Waals surface area (Å²) in [6.07, 6.45) is 0. The van der Waals surface area contributed by atoms with Crippen LogP contribution in [0.1, 0.15) is 28.9 Å². The first-order valence-electron chi connectivity index (χ1n) is 22.3. The van der Waals surface area contributed by atoms with Gasteiger partial charge in [0.25, 0.3) is 0 Å². The Labute approximate surface area is 390 Å². The van der Waals surface area contributed by atoms with Crippen molar-refractivity contribution in [3.63, 3.8) is 0 Å². The second kappa shape index (κ2) is 16.0. The minimum Gasteiger partial charge on any atom is -0.308 e. The molecule has 12 aromatic rings. The van der Waals surface area contributed by atoms with E-state index < -0.39 is 0 Å². The quantitative estimate of drug-likeness (QED) is 0.153. The van der Waals surface area contributed by atoms with Gasteiger partial charge in [0.15, 0.2) is 17.5 Å². The smallest absolute Gasteiger partial charge is 0.163 e. The molecule has 0 aliphatic heterocycles. The van der Waals surface area contributed by atoms with Crippen LogP contribution in [-0.4, -0.2) is 49.0 Å². The zero-order chi connectivity index (χ0) is 46.0. The van der Waals surface area contributed by atoms with Crippen LogP contribution >= 0.6 is 0 Å². The summed E-state index contributed by atoms with van der Waals surface area (Å²) in [5.41, 5.74) is 11.6. The molecular weight excluding hydrogens is 839 g/mol. The standard InChI is InChI=1S/C57H39N11/c1-33-59-34(2)62-55(61-33)39-23-25-51-44(27-39)42-19-11-13-21-49(42)67(51)53-30-46(57-65-47(37-15-7-5-8-16-37)31-48(66-57)38-17-9-6-10-18-38)54(29-41(53)32-58)68-50-22-14-12-20-43(50)45-28-40(24-26-52(45)68)56-63-35(3)60-36(4)64-56/h5-31H,1-4H3. The Balaban J connectivity index is 1.17. The number of fused-ring (bicyclic) bond motifs is 6. The van der Waals surface area contributed by atoms with Crippen LogP contribution in [0.4, 0.5) is 0 Å². The van der Waals surface area contributed by atoms with Crippen molar-refractivity contribution in [2.75, 3.05) is 0 Å². The molecule has 0 unspecified atom stereocenters. The minimum atomic E-state index is 0.473. The Hall–Kier alpha value is -9.27. The second-order valence-electron chi connectivity index (χ2n) is 16.9. The summed E-state index contributed by atoms with van der Waals surface area (Å²) in [4.78, 5) is 38.5. The van der Waals surface area contributed by atoms with Gasteiger partial charge in [0, 0.05) is 49.4 Å². The lowest BCUT2D eigenvalue weighted by Crippen LogP contribution is -2.06. The van der Waals surface area contributed by atoms with Gasteiger partial charge in [-0.15, -0.1) is 0 Å². The Kier molecular flexibility index (Phi) is 9.48. The van der Waals surface area contributed by atoms with Crippen molar-refractivity contribution in [3.05, 3.63) is 193 Å². The van der Waals surface area contributed by atoms with Crippen molar-refractivity contribution in [1.82, 2.24) is 49.0 Å². The highest BCUT2D eigenvalue weighted by Crippen LogP contribution is 2.42. The lowest BCUT2D eigenvalue weighted by atomic mass is 10.0. The molecule has 11 heteroatoms. The average molecular weight is 878 g/mol. The van der Waals surface area contributed by atoms with Crippen LogP contribution < -0.4 is 0 Å². The van der Waals surface area contributed by atoms with Crippen molar-refractivity contribution in [2.24, 2.45) is 0 Å². The van der Waals surface area contributed by atoms with E-state index in [-0.39, 0.29) is 0 Å². The first kappa shape index (κ1) is 40.3. The number of aromatic nitrogens is 10. The van der Waals surface area contributed by atoms with Crippen LogP contribution in [0.3, 0.4) is 0 Å². The third kappa shape index (κ3) is 6.82. The Morgan fingerprint density at radius 3 is 1.25 bits per heavy atom. The highest BCUT2D eigenvalue weighted by Gasteiger charge is 2.25. The van der Waals surface area contributed by atoms with Gasteiger partial charge in [-0.1, -0.05) is 97.1 Å². The SMILES string of the molecule is Cc1nc(C)nc(-c2ccc3c(c2)c2ccccc2n3-c2cc(-c3nc(-c4ccccc4)cc(-c4ccccc4)n3)c(-n3c4ccccc4c4cc(-c5nc(C)nc(C)n5)ccc43)cc2C#N)n1. The molecule has 0 saturated carbocycles. The fourth-order valence-corrected chi connectivity index (χ4v) is 9.53. The molecule has 0 bridgehead atoms. The zero-order valence-corrected chi connectivity index (χ0v) is 37.5. The molecule has 0 amide bonds. The lowest BCUT2D eigenvalue weighted by Gasteiger charge is -2.19. The summed E-state index contributed by atoms with van der Waals surface area (Å²) in [6, 6.07) is 58.3. The number of nitrogens with zero attached hydrogens (tertiary/aromatic N) is 11. The molecule has 0 saturated heterocycles. The van der Waals surface area contributed by atoms with Gasteiger partial charge >= 0.3 is 0 Å². The topological polar surface area (TPSA) is 137 Å². The second-order valence-corrected chi connectivity index (χ2v) is 16.9. The normalized spacial score (nSPS) is 11.5. The lowest BCUT2D eigenvalue weighted by molar-refractivity contribution is 0.928. The Bertz CT molecular complexity index is 3940. The van der Waals surface area contributed by atoms with Crippen molar-refractivity contribution < 1.29 is 0 Å². The molecule has 7 aromatic carbocycles. The molecule has 0 aliphatic carbocycles. The summed E-state index contributed by atoms with van der Waals surface area (Å²) in [5.74, 6) is 4.37. The Morgan fingerprint density at radius 1 is 0.353 bits per heavy atom. The van der Waals surface area contributed by atoms with Gasteiger partial charge in [-0.2, -0.15) is 5.26 Å². The number of hydrogen-bond acceptors (Lipinski definition) is 9. The molecule has 322 valence electrons. The van der Waals surface area contributed by atoms with E-state index in [1.807, 2.05) is 100 Å². The number of para-hydroxylation sites is 2. The fraction of sp³-hybridized carbons (Fsp3) is 0.0702. The molecule has 68 heavy (non-hydrogen) atoms. The molecule has 12 rings (SSSR count). The molecule has 5 heterocycles. The molecule has 0 aliphatic rings. The third-order valence-electron chi connectivity index (χ3n) is 12.4. The minimum absolute atomic E-state index is 0.473. The van der Waals surface area contributed by atoms with Crippen molar-refractivity contribution in [2.45, 2.75) is 27.7 Å². The monoisotopic (exact) mass is 877 g/mol. The number of rotatable bonds is 7. The number of benzene rings is 7. The third-order valence-corrected chi connectivity index (χ3v) is 12.4. The van der Waals surface area contributed by atoms with E-state index in [0.29, 0.717) is 52.0 Å². The van der Waals surface area contributed by atoms with Crippen molar-refractivity contribution in [3.8, 4) is 74.1 Å². The summed E-state index contributed by atoms with van der Waals surface area (Å²) in [5, 5.41) is 15.4. The van der Waals surface area contributed by atoms with Crippen molar-refractivity contribution in [1.29, 1.82) is 5.26 Å². The maximum atomic E-state index is 11.4. The van der Waals surface area contributed by atoms with E-state index in [1.165, 1.54) is 0 Å². The van der Waals surface area contributed by atoms with E-state index in [9.17, 15) is 5.26 Å². The van der Waals surface area contributed by atoms with Crippen LogP contribution in [0.25, 0.3) is 112 Å². The number of nitriles is 1. The molecular formula is C57H39N11. The van der Waals surface area contributed by atoms with Crippen molar-refractivity contribution >= 4 is 43.6 Å². The van der Waals surface area contributed by atoms with Gasteiger partial charge in [-0.05, 0) is 94.4 Å². The van der Waals surface area contributed by atoms with E-state index >= 15 is 0 Å². The van der Waals surface area contributed by atoms with Gasteiger partial charge < -0.3 is 9.13 Å². The zero-order valence-electron chi connectivity index (χ0n) is 37.5. The van der Waals surface area contributed by atoms with Gasteiger partial charge in [0.2, 0.25) is 0 Å². The molecule has 0 fully saturated rings. The number of aryl methyl sites for hydroxylation is 4.